The van der Waals surface area contributed by atoms with Gasteiger partial charge in [0, 0.05) is 39.3 Å². The number of nitrogens with one attached hydrogen (secondary N) is 1. The minimum Gasteiger partial charge on any atom is -0.348 e. The van der Waals surface area contributed by atoms with Crippen molar-refractivity contribution in [1.82, 2.24) is 20.0 Å². The number of likely N-dealkylation sites (tertiary alicyclic amines) is 1. The molecule has 3 rings (SSSR count). The first-order chi connectivity index (χ1) is 12.6. The van der Waals surface area contributed by atoms with Crippen LogP contribution in [0.25, 0.3) is 0 Å². The fraction of sp³-hybridized carbons (Fsp3) is 0.600. The average Bonchev–Trinajstić information content (AvgIpc) is 3.19. The largest absolute Gasteiger partial charge is 0.348 e. The van der Waals surface area contributed by atoms with Crippen molar-refractivity contribution in [3.05, 3.63) is 35.9 Å². The minimum atomic E-state index is 0.0167. The second-order valence-corrected chi connectivity index (χ2v) is 7.34. The van der Waals surface area contributed by atoms with Gasteiger partial charge in [-0.3, -0.25) is 19.4 Å². The number of carbonyl (C=O) groups excluding carboxylic acids is 2. The molecule has 2 saturated heterocycles. The van der Waals surface area contributed by atoms with Gasteiger partial charge in [-0.25, -0.2) is 0 Å². The van der Waals surface area contributed by atoms with Crippen LogP contribution in [0.15, 0.2) is 30.3 Å². The maximum Gasteiger partial charge on any atom is 0.236 e. The highest BCUT2D eigenvalue weighted by Crippen LogP contribution is 2.12. The van der Waals surface area contributed by atoms with Crippen LogP contribution in [0.3, 0.4) is 0 Å². The van der Waals surface area contributed by atoms with Gasteiger partial charge in [0.2, 0.25) is 11.8 Å². The predicted molar refractivity (Wildman–Crippen MR) is 102 cm³/mol. The van der Waals surface area contributed by atoms with Gasteiger partial charge in [0.15, 0.2) is 0 Å². The normalized spacial score (nSPS) is 20.1. The molecule has 1 N–H and O–H groups in total. The van der Waals surface area contributed by atoms with Crippen LogP contribution in [-0.4, -0.2) is 78.9 Å². The first kappa shape index (κ1) is 18.9. The Kier molecular flexibility index (Phi) is 6.63. The Morgan fingerprint density at radius 1 is 0.923 bits per heavy atom. The fourth-order valence-electron chi connectivity index (χ4n) is 3.68. The summed E-state index contributed by atoms with van der Waals surface area (Å²) in [6.45, 7) is 8.14. The molecule has 2 fully saturated rings. The van der Waals surface area contributed by atoms with Crippen molar-refractivity contribution >= 4 is 11.8 Å². The molecule has 0 aliphatic carbocycles. The molecule has 2 aliphatic rings. The van der Waals surface area contributed by atoms with Crippen LogP contribution in [0.1, 0.15) is 31.4 Å². The molecule has 0 aromatic heterocycles. The van der Waals surface area contributed by atoms with Crippen LogP contribution in [0, 0.1) is 0 Å². The molecular formula is C20H30N4O2. The Bertz CT molecular complexity index is 593. The number of benzene rings is 1. The third-order valence-electron chi connectivity index (χ3n) is 5.33. The third-order valence-corrected chi connectivity index (χ3v) is 5.33. The zero-order chi connectivity index (χ0) is 18.4. The van der Waals surface area contributed by atoms with Gasteiger partial charge in [0.1, 0.15) is 0 Å². The lowest BCUT2D eigenvalue weighted by atomic mass is 10.1. The summed E-state index contributed by atoms with van der Waals surface area (Å²) < 4.78 is 0. The Morgan fingerprint density at radius 3 is 2.12 bits per heavy atom. The summed E-state index contributed by atoms with van der Waals surface area (Å²) in [6, 6.07) is 10.0. The van der Waals surface area contributed by atoms with Gasteiger partial charge in [0.25, 0.3) is 0 Å². The molecule has 6 heteroatoms. The molecule has 6 nitrogen and oxygen atoms in total. The molecule has 1 unspecified atom stereocenters. The van der Waals surface area contributed by atoms with E-state index < -0.39 is 0 Å². The van der Waals surface area contributed by atoms with Gasteiger partial charge in [-0.05, 0) is 25.3 Å². The number of hydrogen-bond acceptors (Lipinski definition) is 4. The van der Waals surface area contributed by atoms with E-state index in [1.54, 1.807) is 0 Å². The molecule has 0 bridgehead atoms. The summed E-state index contributed by atoms with van der Waals surface area (Å²) in [7, 11) is 0. The summed E-state index contributed by atoms with van der Waals surface area (Å²) in [4.78, 5) is 30.9. The van der Waals surface area contributed by atoms with E-state index in [0.717, 1.165) is 57.7 Å². The first-order valence-electron chi connectivity index (χ1n) is 9.68. The monoisotopic (exact) mass is 358 g/mol. The summed E-state index contributed by atoms with van der Waals surface area (Å²) >= 11 is 0. The molecule has 2 amide bonds. The van der Waals surface area contributed by atoms with Crippen LogP contribution >= 0.6 is 0 Å². The molecule has 26 heavy (non-hydrogen) atoms. The van der Waals surface area contributed by atoms with Crippen LogP contribution in [0.5, 0.6) is 0 Å². The lowest BCUT2D eigenvalue weighted by molar-refractivity contribution is -0.132. The fourth-order valence-corrected chi connectivity index (χ4v) is 3.68. The predicted octanol–water partition coefficient (Wildman–Crippen LogP) is 1.10. The molecule has 0 saturated carbocycles. The SMILES string of the molecule is CC(NC(=O)CN1CCN(CC(=O)N2CCCC2)CC1)c1ccccc1. The Morgan fingerprint density at radius 2 is 1.50 bits per heavy atom. The van der Waals surface area contributed by atoms with Crippen molar-refractivity contribution in [2.45, 2.75) is 25.8 Å². The highest BCUT2D eigenvalue weighted by atomic mass is 16.2. The van der Waals surface area contributed by atoms with Crippen molar-refractivity contribution in [2.24, 2.45) is 0 Å². The number of nitrogens with zero attached hydrogens (tertiary/aromatic N) is 3. The number of carbonyl (C=O) groups is 2. The second kappa shape index (κ2) is 9.14. The van der Waals surface area contributed by atoms with Crippen molar-refractivity contribution in [3.63, 3.8) is 0 Å². The van der Waals surface area contributed by atoms with Gasteiger partial charge in [0.05, 0.1) is 19.1 Å². The molecule has 142 valence electrons. The minimum absolute atomic E-state index is 0.0167. The molecule has 0 radical (unpaired) electrons. The summed E-state index contributed by atoms with van der Waals surface area (Å²) in [5.74, 6) is 0.313. The van der Waals surface area contributed by atoms with Crippen molar-refractivity contribution in [1.29, 1.82) is 0 Å². The number of hydrogen-bond donors (Lipinski definition) is 1. The topological polar surface area (TPSA) is 55.9 Å². The molecule has 1 aromatic carbocycles. The van der Waals surface area contributed by atoms with E-state index in [1.165, 1.54) is 0 Å². The van der Waals surface area contributed by atoms with E-state index in [1.807, 2.05) is 42.2 Å². The molecular weight excluding hydrogens is 328 g/mol. The van der Waals surface area contributed by atoms with Gasteiger partial charge >= 0.3 is 0 Å². The lowest BCUT2D eigenvalue weighted by Gasteiger charge is -2.34. The van der Waals surface area contributed by atoms with Crippen molar-refractivity contribution in [3.8, 4) is 0 Å². The molecule has 0 spiro atoms. The zero-order valence-electron chi connectivity index (χ0n) is 15.7. The third kappa shape index (κ3) is 5.29. The number of rotatable bonds is 6. The van der Waals surface area contributed by atoms with Crippen molar-refractivity contribution in [2.75, 3.05) is 52.4 Å². The highest BCUT2D eigenvalue weighted by Gasteiger charge is 2.24. The number of amides is 2. The highest BCUT2D eigenvalue weighted by molar-refractivity contribution is 5.79. The van der Waals surface area contributed by atoms with Crippen LogP contribution < -0.4 is 5.32 Å². The summed E-state index contributed by atoms with van der Waals surface area (Å²) in [6.07, 6.45) is 2.27. The van der Waals surface area contributed by atoms with E-state index in [-0.39, 0.29) is 17.9 Å². The van der Waals surface area contributed by atoms with E-state index in [4.69, 9.17) is 0 Å². The smallest absolute Gasteiger partial charge is 0.236 e. The number of piperazine rings is 1. The van der Waals surface area contributed by atoms with Crippen LogP contribution in [-0.2, 0) is 9.59 Å². The molecule has 2 aliphatic heterocycles. The van der Waals surface area contributed by atoms with Gasteiger partial charge in [-0.15, -0.1) is 0 Å². The van der Waals surface area contributed by atoms with E-state index in [0.29, 0.717) is 13.1 Å². The van der Waals surface area contributed by atoms with Crippen LogP contribution in [0.2, 0.25) is 0 Å². The van der Waals surface area contributed by atoms with Gasteiger partial charge in [-0.1, -0.05) is 30.3 Å². The first-order valence-corrected chi connectivity index (χ1v) is 9.68. The van der Waals surface area contributed by atoms with E-state index >= 15 is 0 Å². The maximum absolute atomic E-state index is 12.3. The molecule has 1 aromatic rings. The van der Waals surface area contributed by atoms with E-state index in [9.17, 15) is 9.59 Å². The quantitative estimate of drug-likeness (QED) is 0.828. The Hall–Kier alpha value is -1.92. The Labute approximate surface area is 156 Å². The molecule has 1 atom stereocenters. The second-order valence-electron chi connectivity index (χ2n) is 7.34. The summed E-state index contributed by atoms with van der Waals surface area (Å²) in [5, 5.41) is 3.07. The Balaban J connectivity index is 1.36. The standard InChI is InChI=1S/C20H30N4O2/c1-17(18-7-3-2-4-8-18)21-19(25)15-22-11-13-23(14-12-22)16-20(26)24-9-5-6-10-24/h2-4,7-8,17H,5-6,9-16H2,1H3,(H,21,25). The van der Waals surface area contributed by atoms with Crippen molar-refractivity contribution < 1.29 is 9.59 Å². The average molecular weight is 358 g/mol. The summed E-state index contributed by atoms with van der Waals surface area (Å²) in [5.41, 5.74) is 1.12. The van der Waals surface area contributed by atoms with Gasteiger partial charge in [-0.2, -0.15) is 0 Å². The van der Waals surface area contributed by atoms with Crippen LogP contribution in [0.4, 0.5) is 0 Å². The van der Waals surface area contributed by atoms with Gasteiger partial charge < -0.3 is 10.2 Å². The van der Waals surface area contributed by atoms with E-state index in [2.05, 4.69) is 15.1 Å². The maximum atomic E-state index is 12.3. The zero-order valence-corrected chi connectivity index (χ0v) is 15.7. The lowest BCUT2D eigenvalue weighted by Crippen LogP contribution is -2.51. The molecule has 2 heterocycles.